The largest absolute Gasteiger partial charge is 0.511 e. The fourth-order valence-corrected chi connectivity index (χ4v) is 5.45. The lowest BCUT2D eigenvalue weighted by atomic mass is 9.76. The quantitative estimate of drug-likeness (QED) is 0.316. The number of allylic oxidation sites excluding steroid dienone is 2. The number of nitrogens with zero attached hydrogens (tertiary/aromatic N) is 2. The van der Waals surface area contributed by atoms with E-state index in [0.717, 1.165) is 11.1 Å². The van der Waals surface area contributed by atoms with Gasteiger partial charge in [-0.05, 0) is 28.9 Å². The molecule has 1 N–H and O–H groups in total. The standard InChI is InChI=1S/C31H32N2O4/c1-31(2)17-27(36)30-23(33-37-28(30)18-31)13-14-25(34)29-24(32-19-20-9-5-3-6-10-20)15-22(16-26(29)35)21-11-7-4-8-12-21/h3-12,22,34H,13-19H2,1-2H3. The number of benzene rings is 2. The highest BCUT2D eigenvalue weighted by Gasteiger charge is 2.37. The van der Waals surface area contributed by atoms with E-state index in [2.05, 4.69) is 5.16 Å². The minimum absolute atomic E-state index is 0.00339. The van der Waals surface area contributed by atoms with Crippen molar-refractivity contribution >= 4 is 17.3 Å². The van der Waals surface area contributed by atoms with Gasteiger partial charge in [-0.2, -0.15) is 0 Å². The fourth-order valence-electron chi connectivity index (χ4n) is 5.45. The summed E-state index contributed by atoms with van der Waals surface area (Å²) in [5.41, 5.74) is 4.03. The minimum atomic E-state index is -0.154. The van der Waals surface area contributed by atoms with Gasteiger partial charge in [0, 0.05) is 32.1 Å². The number of carbonyl (C=O) groups is 2. The first-order chi connectivity index (χ1) is 17.8. The maximum atomic E-state index is 13.4. The number of fused-ring (bicyclic) bond motifs is 1. The van der Waals surface area contributed by atoms with Crippen LogP contribution in [-0.4, -0.2) is 27.5 Å². The van der Waals surface area contributed by atoms with Crippen LogP contribution >= 0.6 is 0 Å². The van der Waals surface area contributed by atoms with Gasteiger partial charge in [-0.15, -0.1) is 0 Å². The van der Waals surface area contributed by atoms with E-state index in [-0.39, 0.29) is 35.1 Å². The molecule has 2 aromatic carbocycles. The van der Waals surface area contributed by atoms with E-state index in [9.17, 15) is 14.7 Å². The van der Waals surface area contributed by atoms with E-state index in [4.69, 9.17) is 9.52 Å². The molecule has 1 aromatic heterocycles. The van der Waals surface area contributed by atoms with Gasteiger partial charge >= 0.3 is 0 Å². The molecule has 0 saturated heterocycles. The second kappa shape index (κ2) is 10.3. The monoisotopic (exact) mass is 496 g/mol. The van der Waals surface area contributed by atoms with Gasteiger partial charge in [-0.1, -0.05) is 79.7 Å². The SMILES string of the molecule is CC1(C)CC(=O)c2c(CCC(O)=C3C(=O)CC(c4ccccc4)CC3=NCc3ccccc3)noc2C1. The third-order valence-corrected chi connectivity index (χ3v) is 7.28. The third-order valence-electron chi connectivity index (χ3n) is 7.28. The zero-order valence-corrected chi connectivity index (χ0v) is 21.4. The molecule has 1 saturated carbocycles. The molecule has 5 rings (SSSR count). The molecular weight excluding hydrogens is 464 g/mol. The molecule has 2 aliphatic rings. The van der Waals surface area contributed by atoms with Crippen LogP contribution in [0.3, 0.4) is 0 Å². The van der Waals surface area contributed by atoms with Crippen LogP contribution in [0, 0.1) is 5.41 Å². The van der Waals surface area contributed by atoms with Crippen molar-refractivity contribution < 1.29 is 19.2 Å². The first-order valence-corrected chi connectivity index (χ1v) is 12.9. The van der Waals surface area contributed by atoms with E-state index in [1.165, 1.54) is 0 Å². The number of hydrogen-bond donors (Lipinski definition) is 1. The van der Waals surface area contributed by atoms with Crippen molar-refractivity contribution in [3.63, 3.8) is 0 Å². The molecule has 0 radical (unpaired) electrons. The number of ketones is 2. The summed E-state index contributed by atoms with van der Waals surface area (Å²) in [6, 6.07) is 19.9. The Morgan fingerprint density at radius 1 is 1.00 bits per heavy atom. The van der Waals surface area contributed by atoms with Crippen LogP contribution in [0.5, 0.6) is 0 Å². The molecule has 0 spiro atoms. The van der Waals surface area contributed by atoms with Crippen molar-refractivity contribution in [1.29, 1.82) is 0 Å². The Morgan fingerprint density at radius 2 is 1.70 bits per heavy atom. The summed E-state index contributed by atoms with van der Waals surface area (Å²) in [5.74, 6) is 0.559. The predicted octanol–water partition coefficient (Wildman–Crippen LogP) is 6.36. The molecule has 190 valence electrons. The van der Waals surface area contributed by atoms with E-state index in [0.29, 0.717) is 67.0 Å². The zero-order chi connectivity index (χ0) is 26.0. The average molecular weight is 497 g/mol. The highest BCUT2D eigenvalue weighted by atomic mass is 16.5. The second-order valence-corrected chi connectivity index (χ2v) is 10.9. The summed E-state index contributed by atoms with van der Waals surface area (Å²) >= 11 is 0. The molecule has 6 nitrogen and oxygen atoms in total. The molecule has 0 bridgehead atoms. The number of hydrogen-bond acceptors (Lipinski definition) is 6. The summed E-state index contributed by atoms with van der Waals surface area (Å²) < 4.78 is 5.50. The van der Waals surface area contributed by atoms with Gasteiger partial charge < -0.3 is 9.63 Å². The van der Waals surface area contributed by atoms with Crippen molar-refractivity contribution in [3.8, 4) is 0 Å². The molecule has 1 atom stereocenters. The van der Waals surface area contributed by atoms with Crippen LogP contribution in [0.15, 0.2) is 81.5 Å². The van der Waals surface area contributed by atoms with Crippen molar-refractivity contribution in [2.45, 2.75) is 64.8 Å². The number of aliphatic imine (C=N–C) groups is 1. The number of aliphatic hydroxyl groups excluding tert-OH is 1. The summed E-state index contributed by atoms with van der Waals surface area (Å²) in [6.45, 7) is 4.52. The number of carbonyl (C=O) groups excluding carboxylic acids is 2. The fraction of sp³-hybridized carbons (Fsp3) is 0.355. The molecule has 37 heavy (non-hydrogen) atoms. The first-order valence-electron chi connectivity index (χ1n) is 12.9. The number of aliphatic hydroxyl groups is 1. The van der Waals surface area contributed by atoms with Gasteiger partial charge in [0.2, 0.25) is 0 Å². The molecule has 1 unspecified atom stereocenters. The number of rotatable bonds is 6. The van der Waals surface area contributed by atoms with Crippen molar-refractivity contribution in [3.05, 3.63) is 100 Å². The van der Waals surface area contributed by atoms with Gasteiger partial charge in [0.15, 0.2) is 11.6 Å². The van der Waals surface area contributed by atoms with Crippen LogP contribution in [0.4, 0.5) is 0 Å². The van der Waals surface area contributed by atoms with E-state index in [1.54, 1.807) is 0 Å². The van der Waals surface area contributed by atoms with E-state index < -0.39 is 0 Å². The summed E-state index contributed by atoms with van der Waals surface area (Å²) in [4.78, 5) is 31.0. The third kappa shape index (κ3) is 5.48. The molecular formula is C31H32N2O4. The van der Waals surface area contributed by atoms with Crippen LogP contribution in [-0.2, 0) is 24.2 Å². The van der Waals surface area contributed by atoms with Crippen LogP contribution in [0.1, 0.15) is 78.4 Å². The Hall–Kier alpha value is -3.80. The maximum absolute atomic E-state index is 13.4. The normalized spacial score (nSPS) is 21.7. The minimum Gasteiger partial charge on any atom is -0.511 e. The first kappa shape index (κ1) is 24.9. The van der Waals surface area contributed by atoms with Gasteiger partial charge in [0.05, 0.1) is 29.1 Å². The predicted molar refractivity (Wildman–Crippen MR) is 142 cm³/mol. The van der Waals surface area contributed by atoms with E-state index in [1.807, 2.05) is 74.5 Å². The number of Topliss-reactive ketones (excluding diaryl/α,β-unsaturated/α-hetero) is 2. The Morgan fingerprint density at radius 3 is 2.43 bits per heavy atom. The Kier molecular flexibility index (Phi) is 6.92. The van der Waals surface area contributed by atoms with Crippen molar-refractivity contribution in [2.75, 3.05) is 0 Å². The number of aryl methyl sites for hydroxylation is 1. The van der Waals surface area contributed by atoms with Crippen LogP contribution in [0.25, 0.3) is 0 Å². The lowest BCUT2D eigenvalue weighted by molar-refractivity contribution is -0.116. The van der Waals surface area contributed by atoms with E-state index >= 15 is 0 Å². The van der Waals surface area contributed by atoms with Gasteiger partial charge in [0.1, 0.15) is 11.5 Å². The highest BCUT2D eigenvalue weighted by molar-refractivity contribution is 6.24. The average Bonchev–Trinajstić information content (AvgIpc) is 3.28. The van der Waals surface area contributed by atoms with Crippen LogP contribution in [0.2, 0.25) is 0 Å². The molecule has 6 heteroatoms. The lowest BCUT2D eigenvalue weighted by Gasteiger charge is -2.27. The Bertz CT molecular complexity index is 1370. The zero-order valence-electron chi connectivity index (χ0n) is 21.4. The molecule has 1 heterocycles. The number of aromatic nitrogens is 1. The lowest BCUT2D eigenvalue weighted by Crippen LogP contribution is -2.27. The summed E-state index contributed by atoms with van der Waals surface area (Å²) in [6.07, 6.45) is 2.51. The smallest absolute Gasteiger partial charge is 0.168 e. The summed E-state index contributed by atoms with van der Waals surface area (Å²) in [5, 5.41) is 15.3. The van der Waals surface area contributed by atoms with Gasteiger partial charge in [0.25, 0.3) is 0 Å². The molecule has 0 amide bonds. The highest BCUT2D eigenvalue weighted by Crippen LogP contribution is 2.37. The Labute approximate surface area is 217 Å². The van der Waals surface area contributed by atoms with Crippen molar-refractivity contribution in [1.82, 2.24) is 5.16 Å². The van der Waals surface area contributed by atoms with Gasteiger partial charge in [-0.25, -0.2) is 0 Å². The van der Waals surface area contributed by atoms with Gasteiger partial charge in [-0.3, -0.25) is 14.6 Å². The topological polar surface area (TPSA) is 92.8 Å². The summed E-state index contributed by atoms with van der Waals surface area (Å²) in [7, 11) is 0. The Balaban J connectivity index is 1.41. The molecule has 1 fully saturated rings. The maximum Gasteiger partial charge on any atom is 0.168 e. The molecule has 2 aliphatic carbocycles. The van der Waals surface area contributed by atoms with Crippen LogP contribution < -0.4 is 0 Å². The second-order valence-electron chi connectivity index (χ2n) is 10.9. The van der Waals surface area contributed by atoms with Crippen molar-refractivity contribution in [2.24, 2.45) is 10.4 Å². The molecule has 0 aliphatic heterocycles. The molecule has 3 aromatic rings.